The van der Waals surface area contributed by atoms with Crippen LogP contribution in [0.25, 0.3) is 0 Å². The molecule has 0 spiro atoms. The number of nitrogens with zero attached hydrogens (tertiary/aromatic N) is 2. The molecular formula is C29H56N2. The molecule has 0 aliphatic rings. The number of aromatic nitrogens is 2. The van der Waals surface area contributed by atoms with Crippen LogP contribution in [0.5, 0.6) is 0 Å². The molecule has 2 atom stereocenters. The van der Waals surface area contributed by atoms with Gasteiger partial charge in [0.1, 0.15) is 5.82 Å². The largest absolute Gasteiger partial charge is 0.332 e. The Kier molecular flexibility index (Phi) is 18.1. The molecular weight excluding hydrogens is 376 g/mol. The highest BCUT2D eigenvalue weighted by atomic mass is 15.1. The van der Waals surface area contributed by atoms with E-state index in [1.165, 1.54) is 134 Å². The van der Waals surface area contributed by atoms with Gasteiger partial charge in [-0.3, -0.25) is 0 Å². The molecule has 1 heterocycles. The summed E-state index contributed by atoms with van der Waals surface area (Å²) in [6, 6.07) is 0.593. The van der Waals surface area contributed by atoms with Crippen molar-refractivity contribution in [2.45, 2.75) is 168 Å². The van der Waals surface area contributed by atoms with Gasteiger partial charge in [-0.25, -0.2) is 4.98 Å². The van der Waals surface area contributed by atoms with E-state index in [1.54, 1.807) is 0 Å². The summed E-state index contributed by atoms with van der Waals surface area (Å²) in [5.74, 6) is 2.03. The van der Waals surface area contributed by atoms with E-state index < -0.39 is 0 Å². The maximum Gasteiger partial charge on any atom is 0.111 e. The summed E-state index contributed by atoms with van der Waals surface area (Å²) >= 11 is 0. The zero-order valence-electron chi connectivity index (χ0n) is 21.8. The van der Waals surface area contributed by atoms with Gasteiger partial charge in [-0.1, -0.05) is 130 Å². The fourth-order valence-electron chi connectivity index (χ4n) is 5.00. The lowest BCUT2D eigenvalue weighted by Crippen LogP contribution is -2.13. The highest BCUT2D eigenvalue weighted by Crippen LogP contribution is 2.29. The van der Waals surface area contributed by atoms with Crippen LogP contribution < -0.4 is 0 Å². The lowest BCUT2D eigenvalue weighted by Gasteiger charge is -2.22. The molecule has 0 aliphatic heterocycles. The van der Waals surface area contributed by atoms with Gasteiger partial charge < -0.3 is 4.57 Å². The summed E-state index contributed by atoms with van der Waals surface area (Å²) in [6.07, 6.45) is 32.0. The second-order valence-electron chi connectivity index (χ2n) is 10.1. The van der Waals surface area contributed by atoms with Crippen molar-refractivity contribution in [3.8, 4) is 0 Å². The first-order chi connectivity index (χ1) is 15.2. The van der Waals surface area contributed by atoms with Gasteiger partial charge in [-0.05, 0) is 26.2 Å². The van der Waals surface area contributed by atoms with Crippen molar-refractivity contribution >= 4 is 0 Å². The second kappa shape index (κ2) is 19.9. The Labute approximate surface area is 196 Å². The molecule has 1 rings (SSSR count). The zero-order chi connectivity index (χ0) is 22.6. The number of hydrogen-bond acceptors (Lipinski definition) is 1. The van der Waals surface area contributed by atoms with Crippen molar-refractivity contribution in [1.82, 2.24) is 9.55 Å². The molecule has 2 nitrogen and oxygen atoms in total. The van der Waals surface area contributed by atoms with Crippen LogP contribution in [0.4, 0.5) is 0 Å². The van der Waals surface area contributed by atoms with Crippen molar-refractivity contribution in [3.05, 3.63) is 18.2 Å². The van der Waals surface area contributed by atoms with Gasteiger partial charge in [0.2, 0.25) is 0 Å². The van der Waals surface area contributed by atoms with Crippen LogP contribution in [0.15, 0.2) is 12.4 Å². The standard InChI is InChI=1S/C29H56N2/c1-5-8-10-12-14-15-17-18-20-23-27(4)31-26-25-30-29(31)28(22-7-3)24-21-19-16-13-11-9-6-2/h25-28H,5-24H2,1-4H3. The number of hydrogen-bond donors (Lipinski definition) is 0. The van der Waals surface area contributed by atoms with E-state index in [0.717, 1.165) is 0 Å². The lowest BCUT2D eigenvalue weighted by atomic mass is 9.94. The average molecular weight is 433 g/mol. The molecule has 31 heavy (non-hydrogen) atoms. The summed E-state index contributed by atoms with van der Waals surface area (Å²) in [5.41, 5.74) is 0. The molecule has 0 aliphatic carbocycles. The van der Waals surface area contributed by atoms with Crippen LogP contribution in [-0.4, -0.2) is 9.55 Å². The molecule has 2 unspecified atom stereocenters. The highest BCUT2D eigenvalue weighted by Gasteiger charge is 2.18. The molecule has 1 aromatic rings. The Hall–Kier alpha value is -0.790. The van der Waals surface area contributed by atoms with Gasteiger partial charge in [0.25, 0.3) is 0 Å². The normalized spacial score (nSPS) is 13.5. The first-order valence-corrected chi connectivity index (χ1v) is 14.3. The summed E-state index contributed by atoms with van der Waals surface area (Å²) in [5, 5.41) is 0. The summed E-state index contributed by atoms with van der Waals surface area (Å²) in [7, 11) is 0. The summed E-state index contributed by atoms with van der Waals surface area (Å²) in [6.45, 7) is 9.34. The quantitative estimate of drug-likeness (QED) is 0.167. The van der Waals surface area contributed by atoms with Crippen molar-refractivity contribution in [3.63, 3.8) is 0 Å². The third-order valence-corrected chi connectivity index (χ3v) is 7.06. The highest BCUT2D eigenvalue weighted by molar-refractivity contribution is 5.02. The Balaban J connectivity index is 2.32. The average Bonchev–Trinajstić information content (AvgIpc) is 3.26. The molecule has 0 aromatic carbocycles. The summed E-state index contributed by atoms with van der Waals surface area (Å²) in [4.78, 5) is 4.85. The Morgan fingerprint density at radius 1 is 0.613 bits per heavy atom. The lowest BCUT2D eigenvalue weighted by molar-refractivity contribution is 0.419. The first kappa shape index (κ1) is 28.2. The minimum atomic E-state index is 0.593. The molecule has 0 bridgehead atoms. The van der Waals surface area contributed by atoms with Crippen LogP contribution in [0, 0.1) is 0 Å². The van der Waals surface area contributed by atoms with E-state index in [2.05, 4.69) is 44.7 Å². The van der Waals surface area contributed by atoms with Crippen LogP contribution in [0.3, 0.4) is 0 Å². The predicted octanol–water partition coefficient (Wildman–Crippen LogP) is 10.4. The fraction of sp³-hybridized carbons (Fsp3) is 0.897. The minimum Gasteiger partial charge on any atom is -0.332 e. The fourth-order valence-corrected chi connectivity index (χ4v) is 5.00. The molecule has 0 radical (unpaired) electrons. The number of unbranched alkanes of at least 4 members (excludes halogenated alkanes) is 14. The van der Waals surface area contributed by atoms with E-state index >= 15 is 0 Å². The SMILES string of the molecule is CCCCCCCCCCCC(C)n1ccnc1C(CCC)CCCCCCCCC. The molecule has 182 valence electrons. The van der Waals surface area contributed by atoms with Crippen molar-refractivity contribution in [2.24, 2.45) is 0 Å². The molecule has 0 saturated heterocycles. The predicted molar refractivity (Wildman–Crippen MR) is 139 cm³/mol. The van der Waals surface area contributed by atoms with Crippen molar-refractivity contribution < 1.29 is 0 Å². The van der Waals surface area contributed by atoms with Crippen LogP contribution in [0.2, 0.25) is 0 Å². The third-order valence-electron chi connectivity index (χ3n) is 7.06. The minimum absolute atomic E-state index is 0.593. The monoisotopic (exact) mass is 432 g/mol. The van der Waals surface area contributed by atoms with Gasteiger partial charge in [0.15, 0.2) is 0 Å². The molecule has 0 saturated carbocycles. The van der Waals surface area contributed by atoms with Gasteiger partial charge in [0.05, 0.1) is 0 Å². The van der Waals surface area contributed by atoms with E-state index in [9.17, 15) is 0 Å². The third kappa shape index (κ3) is 13.4. The van der Waals surface area contributed by atoms with E-state index in [0.29, 0.717) is 12.0 Å². The van der Waals surface area contributed by atoms with Crippen molar-refractivity contribution in [1.29, 1.82) is 0 Å². The first-order valence-electron chi connectivity index (χ1n) is 14.3. The molecule has 2 heteroatoms. The molecule has 0 fully saturated rings. The smallest absolute Gasteiger partial charge is 0.111 e. The van der Waals surface area contributed by atoms with Crippen LogP contribution >= 0.6 is 0 Å². The van der Waals surface area contributed by atoms with Gasteiger partial charge >= 0.3 is 0 Å². The number of rotatable bonds is 22. The van der Waals surface area contributed by atoms with Gasteiger partial charge in [0, 0.05) is 24.4 Å². The van der Waals surface area contributed by atoms with E-state index in [1.807, 2.05) is 0 Å². The Bertz CT molecular complexity index is 493. The maximum absolute atomic E-state index is 4.85. The van der Waals surface area contributed by atoms with E-state index in [-0.39, 0.29) is 0 Å². The second-order valence-corrected chi connectivity index (χ2v) is 10.1. The number of imidazole rings is 1. The van der Waals surface area contributed by atoms with Gasteiger partial charge in [-0.15, -0.1) is 0 Å². The molecule has 0 amide bonds. The Morgan fingerprint density at radius 2 is 1.10 bits per heavy atom. The Morgan fingerprint density at radius 3 is 1.61 bits per heavy atom. The zero-order valence-corrected chi connectivity index (χ0v) is 21.8. The van der Waals surface area contributed by atoms with Crippen LogP contribution in [-0.2, 0) is 0 Å². The molecule has 1 aromatic heterocycles. The van der Waals surface area contributed by atoms with Crippen LogP contribution in [0.1, 0.15) is 174 Å². The summed E-state index contributed by atoms with van der Waals surface area (Å²) < 4.78 is 2.52. The van der Waals surface area contributed by atoms with E-state index in [4.69, 9.17) is 4.98 Å². The van der Waals surface area contributed by atoms with Crippen molar-refractivity contribution in [2.75, 3.05) is 0 Å². The maximum atomic E-state index is 4.85. The topological polar surface area (TPSA) is 17.8 Å². The van der Waals surface area contributed by atoms with Gasteiger partial charge in [-0.2, -0.15) is 0 Å². The molecule has 0 N–H and O–H groups in total.